The van der Waals surface area contributed by atoms with Gasteiger partial charge in [0.25, 0.3) is 0 Å². The zero-order valence-corrected chi connectivity index (χ0v) is 11.5. The summed E-state index contributed by atoms with van der Waals surface area (Å²) in [6.07, 6.45) is 2.20. The van der Waals surface area contributed by atoms with E-state index in [4.69, 9.17) is 22.7 Å². The maximum atomic E-state index is 11.8. The van der Waals surface area contributed by atoms with E-state index >= 15 is 0 Å². The Morgan fingerprint density at radius 3 is 2.53 bits per heavy atom. The normalized spacial score (nSPS) is 19.1. The van der Waals surface area contributed by atoms with Gasteiger partial charge in [-0.25, -0.2) is 0 Å². The number of carbonyl (C=O) groups is 1. The van der Waals surface area contributed by atoms with Gasteiger partial charge in [0.2, 0.25) is 5.91 Å². The first-order valence-electron chi connectivity index (χ1n) is 6.15. The van der Waals surface area contributed by atoms with E-state index in [1.165, 1.54) is 0 Å². The van der Waals surface area contributed by atoms with Crippen LogP contribution >= 0.6 is 12.2 Å². The lowest BCUT2D eigenvalue weighted by Gasteiger charge is -2.38. The van der Waals surface area contributed by atoms with Gasteiger partial charge in [0.05, 0.1) is 18.0 Å². The molecule has 0 bridgehead atoms. The molecule has 0 radical (unpaired) electrons. The zero-order chi connectivity index (χ0) is 12.9. The molecule has 0 spiro atoms. The van der Waals surface area contributed by atoms with Crippen LogP contribution in [0.3, 0.4) is 0 Å². The van der Waals surface area contributed by atoms with Crippen molar-refractivity contribution in [2.24, 2.45) is 11.1 Å². The summed E-state index contributed by atoms with van der Waals surface area (Å²) in [7, 11) is 0. The fourth-order valence-corrected chi connectivity index (χ4v) is 2.16. The molecule has 4 nitrogen and oxygen atoms in total. The molecule has 1 rings (SSSR count). The molecule has 0 aromatic carbocycles. The molecule has 1 heterocycles. The lowest BCUT2D eigenvalue weighted by Crippen LogP contribution is -2.46. The average molecular weight is 258 g/mol. The number of hydrogen-bond donors (Lipinski definition) is 1. The van der Waals surface area contributed by atoms with Crippen LogP contribution in [-0.2, 0) is 9.53 Å². The Morgan fingerprint density at radius 1 is 1.47 bits per heavy atom. The van der Waals surface area contributed by atoms with Gasteiger partial charge >= 0.3 is 0 Å². The Hall–Kier alpha value is -0.680. The van der Waals surface area contributed by atoms with E-state index in [1.807, 2.05) is 11.8 Å². The maximum Gasteiger partial charge on any atom is 0.224 e. The lowest BCUT2D eigenvalue weighted by molar-refractivity contribution is -0.133. The van der Waals surface area contributed by atoms with Crippen molar-refractivity contribution in [1.29, 1.82) is 0 Å². The molecular formula is C12H22N2O2S. The van der Waals surface area contributed by atoms with E-state index in [0.29, 0.717) is 24.6 Å². The summed E-state index contributed by atoms with van der Waals surface area (Å²) in [5, 5.41) is 0. The molecule has 17 heavy (non-hydrogen) atoms. The number of hydrogen-bond acceptors (Lipinski definition) is 3. The number of likely N-dealkylation sites (tertiary alicyclic amines) is 1. The van der Waals surface area contributed by atoms with Crippen LogP contribution in [0, 0.1) is 5.41 Å². The molecule has 0 saturated carbocycles. The van der Waals surface area contributed by atoms with Gasteiger partial charge in [0, 0.05) is 25.1 Å². The largest absolute Gasteiger partial charge is 0.393 e. The summed E-state index contributed by atoms with van der Waals surface area (Å²) in [5.41, 5.74) is 5.65. The van der Waals surface area contributed by atoms with E-state index in [9.17, 15) is 4.79 Å². The van der Waals surface area contributed by atoms with Crippen molar-refractivity contribution in [1.82, 2.24) is 4.90 Å². The van der Waals surface area contributed by atoms with Gasteiger partial charge in [-0.05, 0) is 19.8 Å². The van der Waals surface area contributed by atoms with Crippen molar-refractivity contribution < 1.29 is 9.53 Å². The van der Waals surface area contributed by atoms with Crippen LogP contribution in [0.25, 0.3) is 0 Å². The van der Waals surface area contributed by atoms with E-state index in [-0.39, 0.29) is 11.3 Å². The van der Waals surface area contributed by atoms with Crippen LogP contribution < -0.4 is 5.73 Å². The van der Waals surface area contributed by atoms with E-state index < -0.39 is 0 Å². The molecule has 2 N–H and O–H groups in total. The number of ether oxygens (including phenoxy) is 1. The number of rotatable bonds is 5. The van der Waals surface area contributed by atoms with Gasteiger partial charge in [-0.3, -0.25) is 4.79 Å². The minimum Gasteiger partial charge on any atom is -0.393 e. The predicted molar refractivity (Wildman–Crippen MR) is 71.8 cm³/mol. The third-order valence-electron chi connectivity index (χ3n) is 3.48. The first kappa shape index (κ1) is 14.4. The summed E-state index contributed by atoms with van der Waals surface area (Å²) in [6.45, 7) is 6.68. The number of nitrogens with two attached hydrogens (primary N) is 1. The molecule has 0 aliphatic carbocycles. The maximum absolute atomic E-state index is 11.8. The molecule has 1 amide bonds. The molecule has 0 aromatic rings. The Morgan fingerprint density at radius 2 is 2.06 bits per heavy atom. The van der Waals surface area contributed by atoms with Crippen molar-refractivity contribution in [2.45, 2.75) is 33.1 Å². The van der Waals surface area contributed by atoms with Crippen molar-refractivity contribution in [3.63, 3.8) is 0 Å². The molecule has 0 aromatic heterocycles. The van der Waals surface area contributed by atoms with Crippen LogP contribution in [0.5, 0.6) is 0 Å². The van der Waals surface area contributed by atoms with Gasteiger partial charge in [-0.2, -0.15) is 0 Å². The summed E-state index contributed by atoms with van der Waals surface area (Å²) in [6, 6.07) is 0. The molecule has 1 aliphatic rings. The SMILES string of the molecule is CCOCCC(=O)N1CCC(C)(C(N)=S)CC1. The monoisotopic (exact) mass is 258 g/mol. The van der Waals surface area contributed by atoms with Gasteiger partial charge in [-0.15, -0.1) is 0 Å². The minimum absolute atomic E-state index is 0.0773. The van der Waals surface area contributed by atoms with E-state index in [1.54, 1.807) is 0 Å². The Kier molecular flexibility index (Phi) is 5.33. The number of thiocarbonyl (C=S) groups is 1. The topological polar surface area (TPSA) is 55.6 Å². The number of piperidine rings is 1. The molecule has 1 aliphatic heterocycles. The number of carbonyl (C=O) groups excluding carboxylic acids is 1. The molecular weight excluding hydrogens is 236 g/mol. The Balaban J connectivity index is 2.36. The third kappa shape index (κ3) is 3.92. The quantitative estimate of drug-likeness (QED) is 0.597. The van der Waals surface area contributed by atoms with Crippen LogP contribution in [0.4, 0.5) is 0 Å². The molecule has 98 valence electrons. The van der Waals surface area contributed by atoms with Gasteiger partial charge in [0.15, 0.2) is 0 Å². The smallest absolute Gasteiger partial charge is 0.224 e. The predicted octanol–water partition coefficient (Wildman–Crippen LogP) is 1.33. The highest BCUT2D eigenvalue weighted by Gasteiger charge is 2.33. The second-order valence-electron chi connectivity index (χ2n) is 4.75. The standard InChI is InChI=1S/C12H22N2O2S/c1-3-16-9-4-10(15)14-7-5-12(2,6-8-14)11(13)17/h3-9H2,1-2H3,(H2,13,17). The highest BCUT2D eigenvalue weighted by molar-refractivity contribution is 7.80. The fraction of sp³-hybridized carbons (Fsp3) is 0.833. The highest BCUT2D eigenvalue weighted by atomic mass is 32.1. The summed E-state index contributed by atoms with van der Waals surface area (Å²) in [5.74, 6) is 0.170. The second kappa shape index (κ2) is 6.31. The van der Waals surface area contributed by atoms with Gasteiger partial charge < -0.3 is 15.4 Å². The molecule has 1 fully saturated rings. The summed E-state index contributed by atoms with van der Waals surface area (Å²) < 4.78 is 5.19. The summed E-state index contributed by atoms with van der Waals surface area (Å²) >= 11 is 5.07. The van der Waals surface area contributed by atoms with Crippen molar-refractivity contribution in [3.05, 3.63) is 0 Å². The van der Waals surface area contributed by atoms with Crippen LogP contribution in [0.2, 0.25) is 0 Å². The summed E-state index contributed by atoms with van der Waals surface area (Å²) in [4.78, 5) is 14.3. The number of amides is 1. The Labute approximate surface area is 108 Å². The first-order chi connectivity index (χ1) is 7.99. The molecule has 5 heteroatoms. The fourth-order valence-electron chi connectivity index (χ4n) is 1.96. The second-order valence-corrected chi connectivity index (χ2v) is 5.19. The van der Waals surface area contributed by atoms with Crippen LogP contribution in [0.15, 0.2) is 0 Å². The lowest BCUT2D eigenvalue weighted by atomic mass is 9.80. The minimum atomic E-state index is -0.0773. The molecule has 1 saturated heterocycles. The van der Waals surface area contributed by atoms with Crippen LogP contribution in [-0.4, -0.2) is 42.1 Å². The molecule has 0 atom stereocenters. The zero-order valence-electron chi connectivity index (χ0n) is 10.7. The van der Waals surface area contributed by atoms with Crippen molar-refractivity contribution in [2.75, 3.05) is 26.3 Å². The number of nitrogens with zero attached hydrogens (tertiary/aromatic N) is 1. The highest BCUT2D eigenvalue weighted by Crippen LogP contribution is 2.31. The van der Waals surface area contributed by atoms with E-state index in [0.717, 1.165) is 25.9 Å². The van der Waals surface area contributed by atoms with Gasteiger partial charge in [-0.1, -0.05) is 19.1 Å². The van der Waals surface area contributed by atoms with E-state index in [2.05, 4.69) is 6.92 Å². The van der Waals surface area contributed by atoms with Crippen LogP contribution in [0.1, 0.15) is 33.1 Å². The first-order valence-corrected chi connectivity index (χ1v) is 6.56. The third-order valence-corrected chi connectivity index (χ3v) is 3.97. The van der Waals surface area contributed by atoms with Crippen molar-refractivity contribution in [3.8, 4) is 0 Å². The van der Waals surface area contributed by atoms with Gasteiger partial charge in [0.1, 0.15) is 0 Å². The van der Waals surface area contributed by atoms with Crippen molar-refractivity contribution >= 4 is 23.1 Å². The average Bonchev–Trinajstić information content (AvgIpc) is 2.30. The molecule has 0 unspecified atom stereocenters. The Bertz CT molecular complexity index is 286.